The molecule has 2 unspecified atom stereocenters. The normalized spacial score (nSPS) is 16.9. The molecule has 1 aromatic carbocycles. The van der Waals surface area contributed by atoms with Gasteiger partial charge in [0.05, 0.1) is 34.7 Å². The van der Waals surface area contributed by atoms with Gasteiger partial charge in [-0.1, -0.05) is 29.3 Å². The topological polar surface area (TPSA) is 96.0 Å². The molecule has 10 heteroatoms. The van der Waals surface area contributed by atoms with E-state index in [1.807, 2.05) is 0 Å². The van der Waals surface area contributed by atoms with Crippen LogP contribution in [0.5, 0.6) is 0 Å². The lowest BCUT2D eigenvalue weighted by Gasteiger charge is -2.33. The molecule has 1 aliphatic heterocycles. The fraction of sp³-hybridized carbons (Fsp3) is 0.524. The minimum Gasteiger partial charge on any atom is -0.466 e. The maximum absolute atomic E-state index is 12.6. The van der Waals surface area contributed by atoms with E-state index in [4.69, 9.17) is 27.9 Å². The lowest BCUT2D eigenvalue weighted by Crippen LogP contribution is -2.50. The van der Waals surface area contributed by atoms with E-state index in [1.165, 1.54) is 24.9 Å². The van der Waals surface area contributed by atoms with E-state index >= 15 is 0 Å². The number of likely N-dealkylation sites (tertiary alicyclic amines) is 1. The molecule has 170 valence electrons. The van der Waals surface area contributed by atoms with Gasteiger partial charge in [-0.2, -0.15) is 0 Å². The molecular formula is C21H27Cl2N3O5. The van der Waals surface area contributed by atoms with Crippen molar-refractivity contribution in [3.8, 4) is 0 Å². The van der Waals surface area contributed by atoms with Crippen LogP contribution < -0.4 is 5.32 Å². The first kappa shape index (κ1) is 24.9. The number of amides is 3. The van der Waals surface area contributed by atoms with Crippen LogP contribution in [0.1, 0.15) is 37.0 Å². The van der Waals surface area contributed by atoms with Gasteiger partial charge in [-0.15, -0.1) is 0 Å². The fourth-order valence-electron chi connectivity index (χ4n) is 3.38. The summed E-state index contributed by atoms with van der Waals surface area (Å²) in [4.78, 5) is 52.5. The average molecular weight is 472 g/mol. The van der Waals surface area contributed by atoms with E-state index in [0.717, 1.165) is 0 Å². The standard InChI is InChI=1S/C21H27Cl2N3O5/c1-4-31-21(30)14-7-6-10-26(11-14)17(27)12-25(3)20(29)13(2)24-19(28)15-8-5-9-16(22)18(15)23/h5,8-9,13-14H,4,6-7,10-12H2,1-3H3,(H,24,28). The van der Waals surface area contributed by atoms with Crippen molar-refractivity contribution in [3.63, 3.8) is 0 Å². The molecule has 1 heterocycles. The van der Waals surface area contributed by atoms with E-state index in [-0.39, 0.29) is 46.5 Å². The molecule has 3 amide bonds. The number of ether oxygens (including phenoxy) is 1. The Kier molecular flexibility index (Phi) is 9.13. The SMILES string of the molecule is CCOC(=O)C1CCCN(C(=O)CN(C)C(=O)C(C)NC(=O)c2cccc(Cl)c2Cl)C1. The highest BCUT2D eigenvalue weighted by molar-refractivity contribution is 6.43. The number of carbonyl (C=O) groups is 4. The lowest BCUT2D eigenvalue weighted by atomic mass is 9.98. The summed E-state index contributed by atoms with van der Waals surface area (Å²) in [7, 11) is 1.49. The highest BCUT2D eigenvalue weighted by atomic mass is 35.5. The minimum atomic E-state index is -0.881. The van der Waals surface area contributed by atoms with E-state index in [9.17, 15) is 19.2 Å². The molecule has 0 spiro atoms. The number of piperidine rings is 1. The first-order chi connectivity index (χ1) is 14.6. The second-order valence-electron chi connectivity index (χ2n) is 7.42. The molecule has 1 aromatic rings. The largest absolute Gasteiger partial charge is 0.466 e. The highest BCUT2D eigenvalue weighted by Crippen LogP contribution is 2.25. The second kappa shape index (κ2) is 11.3. The quantitative estimate of drug-likeness (QED) is 0.615. The number of hydrogen-bond donors (Lipinski definition) is 1. The van der Waals surface area contributed by atoms with Gasteiger partial charge in [0.15, 0.2) is 0 Å². The third kappa shape index (κ3) is 6.58. The second-order valence-corrected chi connectivity index (χ2v) is 8.21. The fourth-order valence-corrected chi connectivity index (χ4v) is 3.77. The third-order valence-electron chi connectivity index (χ3n) is 5.06. The van der Waals surface area contributed by atoms with Gasteiger partial charge < -0.3 is 19.9 Å². The number of nitrogens with one attached hydrogen (secondary N) is 1. The molecule has 0 aliphatic carbocycles. The van der Waals surface area contributed by atoms with E-state index in [2.05, 4.69) is 5.32 Å². The van der Waals surface area contributed by atoms with Crippen LogP contribution in [0.2, 0.25) is 10.0 Å². The summed E-state index contributed by atoms with van der Waals surface area (Å²) in [5.74, 6) is -1.89. The van der Waals surface area contributed by atoms with Gasteiger partial charge >= 0.3 is 5.97 Å². The zero-order chi connectivity index (χ0) is 23.1. The Labute approximate surface area is 191 Å². The number of benzene rings is 1. The van der Waals surface area contributed by atoms with Crippen molar-refractivity contribution in [1.29, 1.82) is 0 Å². The highest BCUT2D eigenvalue weighted by Gasteiger charge is 2.31. The molecule has 0 bridgehead atoms. The van der Waals surface area contributed by atoms with Gasteiger partial charge in [-0.3, -0.25) is 19.2 Å². The molecule has 1 fully saturated rings. The number of likely N-dealkylation sites (N-methyl/N-ethyl adjacent to an activating group) is 1. The van der Waals surface area contributed by atoms with Crippen LogP contribution in [0, 0.1) is 5.92 Å². The molecule has 8 nitrogen and oxygen atoms in total. The third-order valence-corrected chi connectivity index (χ3v) is 5.88. The van der Waals surface area contributed by atoms with Gasteiger partial charge in [0.2, 0.25) is 11.8 Å². The number of esters is 1. The molecule has 31 heavy (non-hydrogen) atoms. The summed E-state index contributed by atoms with van der Waals surface area (Å²) in [6.45, 7) is 4.20. The first-order valence-corrected chi connectivity index (χ1v) is 10.9. The number of hydrogen-bond acceptors (Lipinski definition) is 5. The van der Waals surface area contributed by atoms with E-state index in [0.29, 0.717) is 26.0 Å². The molecule has 0 radical (unpaired) electrons. The Hall–Kier alpha value is -2.32. The summed E-state index contributed by atoms with van der Waals surface area (Å²) in [5.41, 5.74) is 0.158. The van der Waals surface area contributed by atoms with Crippen molar-refractivity contribution in [2.75, 3.05) is 33.3 Å². The summed E-state index contributed by atoms with van der Waals surface area (Å²) in [6, 6.07) is 3.77. The molecule has 1 N–H and O–H groups in total. The Bertz CT molecular complexity index is 848. The number of rotatable bonds is 7. The van der Waals surface area contributed by atoms with E-state index < -0.39 is 17.9 Å². The van der Waals surface area contributed by atoms with Crippen LogP contribution in [0.15, 0.2) is 18.2 Å². The predicted molar refractivity (Wildman–Crippen MR) is 117 cm³/mol. The van der Waals surface area contributed by atoms with Crippen molar-refractivity contribution >= 4 is 46.9 Å². The number of halogens is 2. The molecular weight excluding hydrogens is 445 g/mol. The Morgan fingerprint density at radius 2 is 2.00 bits per heavy atom. The number of carbonyl (C=O) groups excluding carboxylic acids is 4. The van der Waals surface area contributed by atoms with Crippen LogP contribution in [-0.4, -0.2) is 72.8 Å². The molecule has 1 saturated heterocycles. The zero-order valence-electron chi connectivity index (χ0n) is 17.8. The Balaban J connectivity index is 1.92. The first-order valence-electron chi connectivity index (χ1n) is 10.1. The monoisotopic (exact) mass is 471 g/mol. The Morgan fingerprint density at radius 3 is 2.68 bits per heavy atom. The van der Waals surface area contributed by atoms with Crippen LogP contribution in [0.25, 0.3) is 0 Å². The smallest absolute Gasteiger partial charge is 0.310 e. The molecule has 0 aromatic heterocycles. The average Bonchev–Trinajstić information content (AvgIpc) is 2.75. The summed E-state index contributed by atoms with van der Waals surface area (Å²) in [5, 5.41) is 2.91. The predicted octanol–water partition coefficient (Wildman–Crippen LogP) is 2.37. The van der Waals surface area contributed by atoms with Crippen LogP contribution in [0.4, 0.5) is 0 Å². The van der Waals surface area contributed by atoms with Crippen LogP contribution in [0.3, 0.4) is 0 Å². The Morgan fingerprint density at radius 1 is 1.29 bits per heavy atom. The van der Waals surface area contributed by atoms with Crippen molar-refractivity contribution in [1.82, 2.24) is 15.1 Å². The zero-order valence-corrected chi connectivity index (χ0v) is 19.3. The van der Waals surface area contributed by atoms with Crippen LogP contribution in [-0.2, 0) is 19.1 Å². The maximum Gasteiger partial charge on any atom is 0.310 e. The van der Waals surface area contributed by atoms with Gasteiger partial charge in [0.1, 0.15) is 6.04 Å². The van der Waals surface area contributed by atoms with Crippen LogP contribution >= 0.6 is 23.2 Å². The van der Waals surface area contributed by atoms with Gasteiger partial charge in [-0.05, 0) is 38.8 Å². The van der Waals surface area contributed by atoms with Crippen molar-refractivity contribution in [3.05, 3.63) is 33.8 Å². The van der Waals surface area contributed by atoms with Gasteiger partial charge in [-0.25, -0.2) is 0 Å². The van der Waals surface area contributed by atoms with Gasteiger partial charge in [0, 0.05) is 20.1 Å². The minimum absolute atomic E-state index is 0.103. The lowest BCUT2D eigenvalue weighted by molar-refractivity contribution is -0.152. The molecule has 1 aliphatic rings. The van der Waals surface area contributed by atoms with Crippen molar-refractivity contribution in [2.24, 2.45) is 5.92 Å². The van der Waals surface area contributed by atoms with E-state index in [1.54, 1.807) is 24.0 Å². The van der Waals surface area contributed by atoms with Crippen molar-refractivity contribution in [2.45, 2.75) is 32.7 Å². The van der Waals surface area contributed by atoms with Crippen molar-refractivity contribution < 1.29 is 23.9 Å². The summed E-state index contributed by atoms with van der Waals surface area (Å²) >= 11 is 12.0. The summed E-state index contributed by atoms with van der Waals surface area (Å²) in [6.07, 6.45) is 1.37. The van der Waals surface area contributed by atoms with Gasteiger partial charge in [0.25, 0.3) is 5.91 Å². The molecule has 2 atom stereocenters. The number of nitrogens with zero attached hydrogens (tertiary/aromatic N) is 2. The summed E-state index contributed by atoms with van der Waals surface area (Å²) < 4.78 is 5.05. The maximum atomic E-state index is 12.6. The molecule has 0 saturated carbocycles. The molecule has 2 rings (SSSR count).